The van der Waals surface area contributed by atoms with Gasteiger partial charge in [-0.15, -0.1) is 11.8 Å². The molecule has 0 aliphatic carbocycles. The van der Waals surface area contributed by atoms with Crippen LogP contribution in [0.4, 0.5) is 0 Å². The normalized spacial score (nSPS) is 12.4. The molecule has 70 valence electrons. The third kappa shape index (κ3) is 6.17. The van der Waals surface area contributed by atoms with E-state index in [1.54, 1.807) is 0 Å². The maximum absolute atomic E-state index is 5.38. The lowest BCUT2D eigenvalue weighted by atomic mass is 10.2. The number of nitrogens with one attached hydrogen (secondary N) is 1. The zero-order valence-corrected chi connectivity index (χ0v) is 8.05. The fourth-order valence-corrected chi connectivity index (χ4v) is 0.700. The maximum Gasteiger partial charge on any atom is 0.0645 e. The van der Waals surface area contributed by atoms with Gasteiger partial charge in [-0.3, -0.25) is 11.3 Å². The molecule has 3 heteroatoms. The predicted molar refractivity (Wildman–Crippen MR) is 50.3 cm³/mol. The van der Waals surface area contributed by atoms with E-state index in [9.17, 15) is 0 Å². The molecule has 0 heterocycles. The van der Waals surface area contributed by atoms with Gasteiger partial charge in [-0.05, 0) is 20.8 Å². The van der Waals surface area contributed by atoms with Gasteiger partial charge < -0.3 is 4.74 Å². The molecule has 0 saturated carbocycles. The lowest BCUT2D eigenvalue weighted by Crippen LogP contribution is -2.39. The van der Waals surface area contributed by atoms with E-state index < -0.39 is 0 Å². The third-order valence-corrected chi connectivity index (χ3v) is 1.39. The fourth-order valence-electron chi connectivity index (χ4n) is 0.700. The van der Waals surface area contributed by atoms with Crippen molar-refractivity contribution in [2.24, 2.45) is 5.84 Å². The Labute approximate surface area is 74.6 Å². The largest absolute Gasteiger partial charge is 0.377 e. The quantitative estimate of drug-likeness (QED) is 0.362. The summed E-state index contributed by atoms with van der Waals surface area (Å²) < 4.78 is 5.38. The highest BCUT2D eigenvalue weighted by Gasteiger charge is 2.05. The molecule has 0 aliphatic rings. The Balaban J connectivity index is 3.57. The topological polar surface area (TPSA) is 47.3 Å². The van der Waals surface area contributed by atoms with E-state index in [2.05, 4.69) is 17.3 Å². The molecule has 0 saturated heterocycles. The summed E-state index contributed by atoms with van der Waals surface area (Å²) in [6.45, 7) is 6.43. The highest BCUT2D eigenvalue weighted by atomic mass is 16.5. The van der Waals surface area contributed by atoms with E-state index in [-0.39, 0.29) is 12.1 Å². The molecule has 0 aromatic heterocycles. The van der Waals surface area contributed by atoms with Gasteiger partial charge in [0, 0.05) is 6.42 Å². The minimum Gasteiger partial charge on any atom is -0.377 e. The third-order valence-electron chi connectivity index (χ3n) is 1.39. The van der Waals surface area contributed by atoms with Crippen molar-refractivity contribution in [3.8, 4) is 11.8 Å². The van der Waals surface area contributed by atoms with Crippen LogP contribution in [0, 0.1) is 11.8 Å². The Morgan fingerprint density at radius 1 is 1.50 bits per heavy atom. The molecule has 0 spiro atoms. The van der Waals surface area contributed by atoms with E-state index in [1.807, 2.05) is 20.8 Å². The Morgan fingerprint density at radius 2 is 2.17 bits per heavy atom. The van der Waals surface area contributed by atoms with Crippen LogP contribution in [-0.4, -0.2) is 18.8 Å². The number of hydrogen-bond acceptors (Lipinski definition) is 3. The van der Waals surface area contributed by atoms with Gasteiger partial charge in [-0.1, -0.05) is 0 Å². The fraction of sp³-hybridized carbons (Fsp3) is 0.778. The molecule has 0 amide bonds. The second-order valence-corrected chi connectivity index (χ2v) is 2.88. The van der Waals surface area contributed by atoms with Crippen LogP contribution in [0.5, 0.6) is 0 Å². The second kappa shape index (κ2) is 7.11. The van der Waals surface area contributed by atoms with Crippen LogP contribution in [0.3, 0.4) is 0 Å². The lowest BCUT2D eigenvalue weighted by molar-refractivity contribution is 0.0622. The standard InChI is InChI=1S/C9H18N2O/c1-4-5-6-9(11-10)7-12-8(2)3/h8-9,11H,6-7,10H2,1-3H3. The summed E-state index contributed by atoms with van der Waals surface area (Å²) >= 11 is 0. The van der Waals surface area contributed by atoms with Gasteiger partial charge in [0.05, 0.1) is 18.8 Å². The SMILES string of the molecule is CC#CCC(COC(C)C)NN. The van der Waals surface area contributed by atoms with E-state index in [1.165, 1.54) is 0 Å². The molecule has 1 unspecified atom stereocenters. The first kappa shape index (κ1) is 11.4. The van der Waals surface area contributed by atoms with Crippen molar-refractivity contribution in [3.05, 3.63) is 0 Å². The molecule has 1 atom stereocenters. The molecular weight excluding hydrogens is 152 g/mol. The van der Waals surface area contributed by atoms with Crippen LogP contribution in [-0.2, 0) is 4.74 Å². The molecule has 12 heavy (non-hydrogen) atoms. The van der Waals surface area contributed by atoms with E-state index in [4.69, 9.17) is 10.6 Å². The molecule has 0 rings (SSSR count). The number of nitrogens with two attached hydrogens (primary N) is 1. The summed E-state index contributed by atoms with van der Waals surface area (Å²) in [6.07, 6.45) is 0.982. The van der Waals surface area contributed by atoms with Gasteiger partial charge in [0.2, 0.25) is 0 Å². The monoisotopic (exact) mass is 170 g/mol. The van der Waals surface area contributed by atoms with Crippen molar-refractivity contribution in [2.75, 3.05) is 6.61 Å². The van der Waals surface area contributed by atoms with Crippen molar-refractivity contribution < 1.29 is 4.74 Å². The van der Waals surface area contributed by atoms with Crippen molar-refractivity contribution in [2.45, 2.75) is 39.3 Å². The van der Waals surface area contributed by atoms with Crippen LogP contribution in [0.25, 0.3) is 0 Å². The van der Waals surface area contributed by atoms with Crippen LogP contribution < -0.4 is 11.3 Å². The van der Waals surface area contributed by atoms with Crippen molar-refractivity contribution >= 4 is 0 Å². The van der Waals surface area contributed by atoms with Gasteiger partial charge >= 0.3 is 0 Å². The van der Waals surface area contributed by atoms with E-state index in [0.29, 0.717) is 6.61 Å². The molecular formula is C9H18N2O. The molecule has 0 aliphatic heterocycles. The van der Waals surface area contributed by atoms with Crippen molar-refractivity contribution in [1.29, 1.82) is 0 Å². The molecule has 0 fully saturated rings. The first-order chi connectivity index (χ1) is 5.70. The first-order valence-corrected chi connectivity index (χ1v) is 4.18. The smallest absolute Gasteiger partial charge is 0.0645 e. The Hall–Kier alpha value is -0.560. The maximum atomic E-state index is 5.38. The highest BCUT2D eigenvalue weighted by Crippen LogP contribution is 1.94. The molecule has 3 N–H and O–H groups in total. The van der Waals surface area contributed by atoms with Crippen molar-refractivity contribution in [1.82, 2.24) is 5.43 Å². The first-order valence-electron chi connectivity index (χ1n) is 4.18. The number of hydrazine groups is 1. The average Bonchev–Trinajstić information content (AvgIpc) is 2.05. The van der Waals surface area contributed by atoms with Gasteiger partial charge in [-0.2, -0.15) is 0 Å². The van der Waals surface area contributed by atoms with E-state index in [0.717, 1.165) is 6.42 Å². The Bertz CT molecular complexity index is 158. The summed E-state index contributed by atoms with van der Waals surface area (Å²) in [5.74, 6) is 11.1. The number of ether oxygens (including phenoxy) is 1. The molecule has 0 radical (unpaired) electrons. The van der Waals surface area contributed by atoms with Crippen molar-refractivity contribution in [3.63, 3.8) is 0 Å². The molecule has 3 nitrogen and oxygen atoms in total. The van der Waals surface area contributed by atoms with Crippen LogP contribution in [0.15, 0.2) is 0 Å². The zero-order valence-electron chi connectivity index (χ0n) is 8.05. The Kier molecular flexibility index (Phi) is 6.78. The second-order valence-electron chi connectivity index (χ2n) is 2.88. The predicted octanol–water partition coefficient (Wildman–Crippen LogP) is 0.657. The summed E-state index contributed by atoms with van der Waals surface area (Å²) in [7, 11) is 0. The van der Waals surface area contributed by atoms with Gasteiger partial charge in [0.25, 0.3) is 0 Å². The number of hydrogen-bond donors (Lipinski definition) is 2. The zero-order chi connectivity index (χ0) is 9.40. The van der Waals surface area contributed by atoms with Gasteiger partial charge in [-0.25, -0.2) is 0 Å². The Morgan fingerprint density at radius 3 is 2.58 bits per heavy atom. The minimum atomic E-state index is 0.139. The van der Waals surface area contributed by atoms with Gasteiger partial charge in [0.15, 0.2) is 0 Å². The summed E-state index contributed by atoms with van der Waals surface area (Å²) in [6, 6.07) is 0.139. The van der Waals surface area contributed by atoms with Crippen LogP contribution in [0.2, 0.25) is 0 Å². The number of rotatable bonds is 5. The summed E-state index contributed by atoms with van der Waals surface area (Å²) in [5, 5.41) is 0. The highest BCUT2D eigenvalue weighted by molar-refractivity contribution is 4.97. The summed E-state index contributed by atoms with van der Waals surface area (Å²) in [5.41, 5.74) is 2.66. The molecule has 0 aromatic rings. The molecule has 0 bridgehead atoms. The van der Waals surface area contributed by atoms with Crippen LogP contribution >= 0.6 is 0 Å². The van der Waals surface area contributed by atoms with E-state index >= 15 is 0 Å². The minimum absolute atomic E-state index is 0.139. The average molecular weight is 170 g/mol. The summed E-state index contributed by atoms with van der Waals surface area (Å²) in [4.78, 5) is 0. The molecule has 0 aromatic carbocycles. The van der Waals surface area contributed by atoms with Crippen LogP contribution in [0.1, 0.15) is 27.2 Å². The lowest BCUT2D eigenvalue weighted by Gasteiger charge is -2.14. The van der Waals surface area contributed by atoms with Gasteiger partial charge in [0.1, 0.15) is 0 Å².